The van der Waals surface area contributed by atoms with Crippen molar-refractivity contribution in [2.75, 3.05) is 17.6 Å². The fourth-order valence-electron chi connectivity index (χ4n) is 2.80. The van der Waals surface area contributed by atoms with E-state index in [1.807, 2.05) is 0 Å². The van der Waals surface area contributed by atoms with Crippen LogP contribution in [0.5, 0.6) is 0 Å². The van der Waals surface area contributed by atoms with Gasteiger partial charge in [0.1, 0.15) is 5.82 Å². The average Bonchev–Trinajstić information content (AvgIpc) is 3.03. The number of benzene rings is 1. The molecule has 1 aromatic rings. The molecule has 1 aliphatic carbocycles. The summed E-state index contributed by atoms with van der Waals surface area (Å²) >= 11 is 1.27. The first-order valence-corrected chi connectivity index (χ1v) is 9.18. The minimum atomic E-state index is -0.353. The molecule has 0 bridgehead atoms. The minimum Gasteiger partial charge on any atom is -0.348 e. The molecule has 0 saturated heterocycles. The van der Waals surface area contributed by atoms with E-state index < -0.39 is 0 Å². The highest BCUT2D eigenvalue weighted by molar-refractivity contribution is 8.01. The molecule has 8 heteroatoms. The molecular formula is C17H25ClFN3O2S. The van der Waals surface area contributed by atoms with Crippen molar-refractivity contribution in [3.8, 4) is 0 Å². The lowest BCUT2D eigenvalue weighted by molar-refractivity contribution is -0.122. The summed E-state index contributed by atoms with van der Waals surface area (Å²) < 4.78 is 12.8. The molecule has 0 heterocycles. The summed E-state index contributed by atoms with van der Waals surface area (Å²) in [6.45, 7) is 2.23. The van der Waals surface area contributed by atoms with Crippen LogP contribution < -0.4 is 16.4 Å². The van der Waals surface area contributed by atoms with Crippen LogP contribution in [-0.4, -0.2) is 34.9 Å². The van der Waals surface area contributed by atoms with Crippen LogP contribution in [0, 0.1) is 5.82 Å². The van der Waals surface area contributed by atoms with E-state index in [4.69, 9.17) is 5.73 Å². The van der Waals surface area contributed by atoms with Crippen LogP contribution >= 0.6 is 24.2 Å². The molecule has 0 aliphatic heterocycles. The summed E-state index contributed by atoms with van der Waals surface area (Å²) in [4.78, 5) is 24.2. The zero-order valence-corrected chi connectivity index (χ0v) is 15.9. The van der Waals surface area contributed by atoms with E-state index in [0.29, 0.717) is 12.2 Å². The number of amides is 2. The molecule has 1 aromatic carbocycles. The highest BCUT2D eigenvalue weighted by Crippen LogP contribution is 2.29. The number of hydrogen-bond acceptors (Lipinski definition) is 4. The van der Waals surface area contributed by atoms with Gasteiger partial charge in [0.2, 0.25) is 11.8 Å². The van der Waals surface area contributed by atoms with Crippen molar-refractivity contribution in [1.29, 1.82) is 0 Å². The Labute approximate surface area is 158 Å². The van der Waals surface area contributed by atoms with Crippen LogP contribution in [0.25, 0.3) is 0 Å². The fourth-order valence-corrected chi connectivity index (χ4v) is 3.49. The van der Waals surface area contributed by atoms with Gasteiger partial charge in [0.05, 0.1) is 16.5 Å². The Morgan fingerprint density at radius 2 is 1.88 bits per heavy atom. The second kappa shape index (κ2) is 9.99. The molecule has 0 radical (unpaired) electrons. The summed E-state index contributed by atoms with van der Waals surface area (Å²) in [6, 6.07) is 5.57. The molecule has 1 saturated carbocycles. The molecule has 1 aliphatic rings. The average molecular weight is 390 g/mol. The first-order valence-electron chi connectivity index (χ1n) is 8.13. The molecule has 1 unspecified atom stereocenters. The van der Waals surface area contributed by atoms with Crippen LogP contribution in [-0.2, 0) is 9.59 Å². The highest BCUT2D eigenvalue weighted by atomic mass is 35.5. The number of rotatable bonds is 7. The Kier molecular flexibility index (Phi) is 8.68. The van der Waals surface area contributed by atoms with E-state index in [2.05, 4.69) is 10.6 Å². The van der Waals surface area contributed by atoms with Crippen LogP contribution in [0.2, 0.25) is 0 Å². The van der Waals surface area contributed by atoms with Crippen molar-refractivity contribution in [3.63, 3.8) is 0 Å². The van der Waals surface area contributed by atoms with Gasteiger partial charge in [0.15, 0.2) is 0 Å². The Morgan fingerprint density at radius 1 is 1.28 bits per heavy atom. The quantitative estimate of drug-likeness (QED) is 0.669. The lowest BCUT2D eigenvalue weighted by atomic mass is 9.98. The van der Waals surface area contributed by atoms with E-state index >= 15 is 0 Å². The number of halogens is 2. The number of carbonyl (C=O) groups is 2. The third-order valence-corrected chi connectivity index (χ3v) is 5.44. The summed E-state index contributed by atoms with van der Waals surface area (Å²) in [5, 5.41) is 5.40. The number of hydrogen-bond donors (Lipinski definition) is 3. The van der Waals surface area contributed by atoms with Gasteiger partial charge in [-0.15, -0.1) is 24.2 Å². The lowest BCUT2D eigenvalue weighted by Gasteiger charge is -2.30. The van der Waals surface area contributed by atoms with Crippen LogP contribution in [0.1, 0.15) is 32.6 Å². The maximum absolute atomic E-state index is 12.8. The minimum absolute atomic E-state index is 0. The predicted octanol–water partition coefficient (Wildman–Crippen LogP) is 2.70. The standard InChI is InChI=1S/C17H24FN3O2S.ClH/c1-12(16(23)21-17(11-19)8-2-3-9-17)24-10-15(22)20-14-6-4-13(18)5-7-14;/h4-7,12H,2-3,8-11,19H2,1H3,(H,20,22)(H,21,23);1H. The van der Waals surface area contributed by atoms with Crippen molar-refractivity contribution in [2.45, 2.75) is 43.4 Å². The molecule has 4 N–H and O–H groups in total. The molecule has 2 rings (SSSR count). The summed E-state index contributed by atoms with van der Waals surface area (Å²) in [5.41, 5.74) is 6.08. The van der Waals surface area contributed by atoms with Crippen molar-refractivity contribution >= 4 is 41.7 Å². The monoisotopic (exact) mass is 389 g/mol. The van der Waals surface area contributed by atoms with E-state index in [-0.39, 0.29) is 46.6 Å². The third-order valence-electron chi connectivity index (χ3n) is 4.30. The lowest BCUT2D eigenvalue weighted by Crippen LogP contribution is -2.53. The molecule has 0 spiro atoms. The molecule has 140 valence electrons. The van der Waals surface area contributed by atoms with E-state index in [1.54, 1.807) is 6.92 Å². The highest BCUT2D eigenvalue weighted by Gasteiger charge is 2.34. The van der Waals surface area contributed by atoms with Crippen molar-refractivity contribution in [3.05, 3.63) is 30.1 Å². The molecule has 0 aromatic heterocycles. The largest absolute Gasteiger partial charge is 0.348 e. The van der Waals surface area contributed by atoms with Gasteiger partial charge in [-0.3, -0.25) is 9.59 Å². The number of nitrogens with one attached hydrogen (secondary N) is 2. The van der Waals surface area contributed by atoms with E-state index in [9.17, 15) is 14.0 Å². The molecule has 1 fully saturated rings. The maximum atomic E-state index is 12.8. The smallest absolute Gasteiger partial charge is 0.234 e. The number of nitrogens with two attached hydrogens (primary N) is 1. The maximum Gasteiger partial charge on any atom is 0.234 e. The summed E-state index contributed by atoms with van der Waals surface area (Å²) in [6.07, 6.45) is 3.99. The molecule has 2 amide bonds. The van der Waals surface area contributed by atoms with Crippen LogP contribution in [0.15, 0.2) is 24.3 Å². The Balaban J connectivity index is 0.00000312. The van der Waals surface area contributed by atoms with Crippen LogP contribution in [0.3, 0.4) is 0 Å². The number of anilines is 1. The Bertz CT molecular complexity index is 580. The SMILES string of the molecule is CC(SCC(=O)Nc1ccc(F)cc1)C(=O)NC1(CN)CCCC1.Cl. The summed E-state index contributed by atoms with van der Waals surface area (Å²) in [7, 11) is 0. The third kappa shape index (κ3) is 6.49. The van der Waals surface area contributed by atoms with Gasteiger partial charge in [-0.25, -0.2) is 4.39 Å². The topological polar surface area (TPSA) is 84.2 Å². The van der Waals surface area contributed by atoms with Crippen LogP contribution in [0.4, 0.5) is 10.1 Å². The Hall–Kier alpha value is -1.31. The molecule has 1 atom stereocenters. The van der Waals surface area contributed by atoms with Gasteiger partial charge in [0.25, 0.3) is 0 Å². The first kappa shape index (κ1) is 21.7. The van der Waals surface area contributed by atoms with E-state index in [0.717, 1.165) is 25.7 Å². The zero-order valence-electron chi connectivity index (χ0n) is 14.2. The second-order valence-corrected chi connectivity index (χ2v) is 7.52. The van der Waals surface area contributed by atoms with Gasteiger partial charge in [-0.05, 0) is 44.0 Å². The normalized spacial score (nSPS) is 16.6. The summed E-state index contributed by atoms with van der Waals surface area (Å²) in [5.74, 6) is -0.502. The van der Waals surface area contributed by atoms with E-state index in [1.165, 1.54) is 36.0 Å². The Morgan fingerprint density at radius 3 is 2.44 bits per heavy atom. The van der Waals surface area contributed by atoms with Gasteiger partial charge in [-0.1, -0.05) is 12.8 Å². The number of carbonyl (C=O) groups excluding carboxylic acids is 2. The first-order chi connectivity index (χ1) is 11.4. The van der Waals surface area contributed by atoms with Gasteiger partial charge in [-0.2, -0.15) is 0 Å². The fraction of sp³-hybridized carbons (Fsp3) is 0.529. The molecule has 25 heavy (non-hydrogen) atoms. The molecule has 5 nitrogen and oxygen atoms in total. The van der Waals surface area contributed by atoms with Gasteiger partial charge < -0.3 is 16.4 Å². The number of thioether (sulfide) groups is 1. The molecular weight excluding hydrogens is 365 g/mol. The predicted molar refractivity (Wildman–Crippen MR) is 103 cm³/mol. The second-order valence-electron chi connectivity index (χ2n) is 6.19. The zero-order chi connectivity index (χ0) is 17.6. The van der Waals surface area contributed by atoms with Gasteiger partial charge in [0, 0.05) is 12.2 Å². The van der Waals surface area contributed by atoms with Gasteiger partial charge >= 0.3 is 0 Å². The van der Waals surface area contributed by atoms with Crippen molar-refractivity contribution in [2.24, 2.45) is 5.73 Å². The van der Waals surface area contributed by atoms with Crippen molar-refractivity contribution < 1.29 is 14.0 Å². The van der Waals surface area contributed by atoms with Crippen molar-refractivity contribution in [1.82, 2.24) is 5.32 Å².